The van der Waals surface area contributed by atoms with Crippen molar-refractivity contribution in [1.29, 1.82) is 0 Å². The molecule has 1 aromatic heterocycles. The lowest BCUT2D eigenvalue weighted by molar-refractivity contribution is -0.115. The summed E-state index contributed by atoms with van der Waals surface area (Å²) in [6, 6.07) is 17.5. The highest BCUT2D eigenvalue weighted by Gasteiger charge is 2.23. The minimum Gasteiger partial charge on any atom is -0.490 e. The van der Waals surface area contributed by atoms with Crippen molar-refractivity contribution in [3.8, 4) is 22.7 Å². The molecule has 1 saturated heterocycles. The van der Waals surface area contributed by atoms with Crippen molar-refractivity contribution in [3.05, 3.63) is 83.9 Å². The minimum atomic E-state index is -0.188. The van der Waals surface area contributed by atoms with Crippen LogP contribution in [-0.4, -0.2) is 26.6 Å². The SMILES string of the molecule is C=CCOc1ccc(-c2nn(-c3ccccc3)cc2/C=C2\SC(=S)NC2=O)cc1. The topological polar surface area (TPSA) is 56.1 Å². The number of amides is 1. The van der Waals surface area contributed by atoms with Gasteiger partial charge in [0.1, 0.15) is 16.7 Å². The molecule has 4 rings (SSSR count). The van der Waals surface area contributed by atoms with Gasteiger partial charge in [-0.1, -0.05) is 54.8 Å². The molecule has 7 heteroatoms. The van der Waals surface area contributed by atoms with Crippen LogP contribution in [-0.2, 0) is 4.79 Å². The number of ether oxygens (including phenoxy) is 1. The Labute approximate surface area is 178 Å². The summed E-state index contributed by atoms with van der Waals surface area (Å²) in [6.07, 6.45) is 5.44. The predicted octanol–water partition coefficient (Wildman–Crippen LogP) is 4.59. The Kier molecular flexibility index (Phi) is 5.59. The molecule has 3 aromatic rings. The number of benzene rings is 2. The fraction of sp³-hybridized carbons (Fsp3) is 0.0455. The summed E-state index contributed by atoms with van der Waals surface area (Å²) < 4.78 is 7.82. The molecule has 0 aliphatic carbocycles. The lowest BCUT2D eigenvalue weighted by atomic mass is 10.1. The standard InChI is InChI=1S/C22H17N3O2S2/c1-2-12-27-18-10-8-15(9-11-18)20-16(13-19-21(26)23-22(28)29-19)14-25(24-20)17-6-4-3-5-7-17/h2-11,13-14H,1,12H2,(H,23,26,28)/b19-13-. The number of hydrogen-bond acceptors (Lipinski definition) is 5. The molecule has 0 radical (unpaired) electrons. The van der Waals surface area contributed by atoms with Crippen molar-refractivity contribution < 1.29 is 9.53 Å². The van der Waals surface area contributed by atoms with Gasteiger partial charge in [0.15, 0.2) is 0 Å². The third kappa shape index (κ3) is 4.31. The van der Waals surface area contributed by atoms with Gasteiger partial charge in [-0.2, -0.15) is 5.10 Å². The summed E-state index contributed by atoms with van der Waals surface area (Å²) in [5.74, 6) is 0.568. The van der Waals surface area contributed by atoms with E-state index in [0.717, 1.165) is 28.3 Å². The van der Waals surface area contributed by atoms with Gasteiger partial charge in [0.05, 0.1) is 16.3 Å². The molecule has 5 nitrogen and oxygen atoms in total. The van der Waals surface area contributed by atoms with Gasteiger partial charge >= 0.3 is 0 Å². The molecular weight excluding hydrogens is 402 g/mol. The van der Waals surface area contributed by atoms with Gasteiger partial charge in [0, 0.05) is 17.3 Å². The first-order chi connectivity index (χ1) is 14.1. The van der Waals surface area contributed by atoms with Crippen molar-refractivity contribution >= 4 is 40.3 Å². The van der Waals surface area contributed by atoms with Gasteiger partial charge in [0.2, 0.25) is 0 Å². The van der Waals surface area contributed by atoms with Gasteiger partial charge in [-0.05, 0) is 42.5 Å². The lowest BCUT2D eigenvalue weighted by Crippen LogP contribution is -2.17. The Hall–Kier alpha value is -3.16. The molecule has 1 amide bonds. The number of hydrogen-bond donors (Lipinski definition) is 1. The Morgan fingerprint density at radius 1 is 1.17 bits per heavy atom. The molecule has 2 aromatic carbocycles. The van der Waals surface area contributed by atoms with E-state index in [1.54, 1.807) is 10.8 Å². The van der Waals surface area contributed by atoms with Crippen LogP contribution >= 0.6 is 24.0 Å². The minimum absolute atomic E-state index is 0.188. The Morgan fingerprint density at radius 3 is 2.59 bits per heavy atom. The quantitative estimate of drug-likeness (QED) is 0.360. The second-order valence-electron chi connectivity index (χ2n) is 6.19. The zero-order valence-electron chi connectivity index (χ0n) is 15.4. The summed E-state index contributed by atoms with van der Waals surface area (Å²) >= 11 is 6.35. The monoisotopic (exact) mass is 419 g/mol. The normalized spacial score (nSPS) is 14.8. The second kappa shape index (κ2) is 8.46. The number of thiocarbonyl (C=S) groups is 1. The van der Waals surface area contributed by atoms with Crippen LogP contribution in [0.3, 0.4) is 0 Å². The summed E-state index contributed by atoms with van der Waals surface area (Å²) in [5, 5.41) is 7.42. The number of thioether (sulfide) groups is 1. The molecule has 29 heavy (non-hydrogen) atoms. The summed E-state index contributed by atoms with van der Waals surface area (Å²) in [6.45, 7) is 4.11. The van der Waals surface area contributed by atoms with Gasteiger partial charge in [0.25, 0.3) is 5.91 Å². The lowest BCUT2D eigenvalue weighted by Gasteiger charge is -2.05. The van der Waals surface area contributed by atoms with Crippen LogP contribution in [0, 0.1) is 0 Å². The van der Waals surface area contributed by atoms with Crippen molar-refractivity contribution in [1.82, 2.24) is 15.1 Å². The molecule has 144 valence electrons. The first-order valence-corrected chi connectivity index (χ1v) is 10.1. The Morgan fingerprint density at radius 2 is 1.93 bits per heavy atom. The molecule has 1 N–H and O–H groups in total. The predicted molar refractivity (Wildman–Crippen MR) is 121 cm³/mol. The van der Waals surface area contributed by atoms with Gasteiger partial charge in [-0.25, -0.2) is 4.68 Å². The first kappa shape index (κ1) is 19.2. The van der Waals surface area contributed by atoms with Gasteiger partial charge < -0.3 is 10.1 Å². The maximum atomic E-state index is 12.1. The molecule has 2 heterocycles. The number of carbonyl (C=O) groups is 1. The fourth-order valence-electron chi connectivity index (χ4n) is 2.86. The molecule has 0 unspecified atom stereocenters. The van der Waals surface area contributed by atoms with Crippen LogP contribution in [0.25, 0.3) is 23.0 Å². The van der Waals surface area contributed by atoms with E-state index in [1.807, 2.05) is 66.9 Å². The molecule has 1 fully saturated rings. The maximum absolute atomic E-state index is 12.1. The third-order valence-corrected chi connectivity index (χ3v) is 5.35. The van der Waals surface area contributed by atoms with E-state index < -0.39 is 0 Å². The van der Waals surface area contributed by atoms with Crippen LogP contribution < -0.4 is 10.1 Å². The van der Waals surface area contributed by atoms with Crippen molar-refractivity contribution in [2.45, 2.75) is 0 Å². The van der Waals surface area contributed by atoms with Gasteiger partial charge in [-0.3, -0.25) is 4.79 Å². The van der Waals surface area contributed by atoms with Crippen LogP contribution in [0.2, 0.25) is 0 Å². The average molecular weight is 420 g/mol. The molecule has 0 spiro atoms. The maximum Gasteiger partial charge on any atom is 0.263 e. The first-order valence-electron chi connectivity index (χ1n) is 8.88. The average Bonchev–Trinajstić information content (AvgIpc) is 3.30. The van der Waals surface area contributed by atoms with Crippen LogP contribution in [0.5, 0.6) is 5.75 Å². The highest BCUT2D eigenvalue weighted by Crippen LogP contribution is 2.31. The number of carbonyl (C=O) groups excluding carboxylic acids is 1. The van der Waals surface area contributed by atoms with E-state index in [2.05, 4.69) is 11.9 Å². The van der Waals surface area contributed by atoms with Crippen LogP contribution in [0.15, 0.2) is 78.4 Å². The zero-order chi connectivity index (χ0) is 20.2. The van der Waals surface area contributed by atoms with Crippen molar-refractivity contribution in [2.75, 3.05) is 6.61 Å². The third-order valence-electron chi connectivity index (χ3n) is 4.19. The zero-order valence-corrected chi connectivity index (χ0v) is 17.0. The number of aromatic nitrogens is 2. The summed E-state index contributed by atoms with van der Waals surface area (Å²) in [5.41, 5.74) is 3.45. The summed E-state index contributed by atoms with van der Waals surface area (Å²) in [7, 11) is 0. The van der Waals surface area contributed by atoms with Crippen molar-refractivity contribution in [3.63, 3.8) is 0 Å². The number of para-hydroxylation sites is 1. The molecule has 0 atom stereocenters. The molecule has 0 saturated carbocycles. The Bertz CT molecular complexity index is 1100. The van der Waals surface area contributed by atoms with E-state index in [9.17, 15) is 4.79 Å². The van der Waals surface area contributed by atoms with E-state index >= 15 is 0 Å². The molecule has 1 aliphatic rings. The Balaban J connectivity index is 1.76. The largest absolute Gasteiger partial charge is 0.490 e. The smallest absolute Gasteiger partial charge is 0.263 e. The molecule has 1 aliphatic heterocycles. The fourth-order valence-corrected chi connectivity index (χ4v) is 3.89. The van der Waals surface area contributed by atoms with Crippen LogP contribution in [0.4, 0.5) is 0 Å². The van der Waals surface area contributed by atoms with Gasteiger partial charge in [-0.15, -0.1) is 0 Å². The van der Waals surface area contributed by atoms with E-state index in [4.69, 9.17) is 22.1 Å². The summed E-state index contributed by atoms with van der Waals surface area (Å²) in [4.78, 5) is 12.7. The van der Waals surface area contributed by atoms with Crippen molar-refractivity contribution in [2.24, 2.45) is 0 Å². The second-order valence-corrected chi connectivity index (χ2v) is 7.91. The number of nitrogens with zero attached hydrogens (tertiary/aromatic N) is 2. The van der Waals surface area contributed by atoms with E-state index in [-0.39, 0.29) is 5.91 Å². The number of rotatable bonds is 6. The highest BCUT2D eigenvalue weighted by molar-refractivity contribution is 8.26. The number of nitrogens with one attached hydrogen (secondary N) is 1. The van der Waals surface area contributed by atoms with E-state index in [1.165, 1.54) is 11.8 Å². The van der Waals surface area contributed by atoms with Crippen LogP contribution in [0.1, 0.15) is 5.56 Å². The molecular formula is C22H17N3O2S2. The highest BCUT2D eigenvalue weighted by atomic mass is 32.2. The molecule has 0 bridgehead atoms. The van der Waals surface area contributed by atoms with E-state index in [0.29, 0.717) is 15.8 Å².